The summed E-state index contributed by atoms with van der Waals surface area (Å²) in [5.41, 5.74) is 9.85. The molecule has 0 N–H and O–H groups in total. The van der Waals surface area contributed by atoms with Crippen molar-refractivity contribution in [3.8, 4) is 11.8 Å². The second-order valence-corrected chi connectivity index (χ2v) is 17.9. The minimum Gasteiger partial charge on any atom is -0.251 e. The van der Waals surface area contributed by atoms with Crippen LogP contribution in [0.2, 0.25) is 0 Å². The molecular formula is C57H94N2. The maximum Gasteiger partial charge on any atom is 0.135 e. The van der Waals surface area contributed by atoms with Gasteiger partial charge in [-0.15, -0.1) is 0 Å². The summed E-state index contributed by atoms with van der Waals surface area (Å²) < 4.78 is 0. The summed E-state index contributed by atoms with van der Waals surface area (Å²) in [6.45, 7) is 13.7. The van der Waals surface area contributed by atoms with Gasteiger partial charge in [-0.2, -0.15) is 0 Å². The molecule has 0 aliphatic rings. The molecule has 2 aromatic rings. The second kappa shape index (κ2) is 37.1. The number of hydrogen-bond donors (Lipinski definition) is 0. The standard InChI is InChI=1S/C57H94N2/c1-7-13-15-16-17-18-19-20-21-22-23-24-25-26-27-28-29-30-31-32-33-34-35-37-43-57(59-55-47-45-51(39-10-4)53(49-55)41-12-6)56(42-36-14-8-2)58-54-46-44-50(38-9-3)52(48-54)40-11-5/h44-49H,7-36,38-42H2,1-6H3. The van der Waals surface area contributed by atoms with Crippen molar-refractivity contribution in [2.24, 2.45) is 9.98 Å². The minimum absolute atomic E-state index is 0.875. The quantitative estimate of drug-likeness (QED) is 0.0369. The van der Waals surface area contributed by atoms with Crippen LogP contribution in [0.4, 0.5) is 11.4 Å². The van der Waals surface area contributed by atoms with Crippen LogP contribution in [0.15, 0.2) is 46.4 Å². The molecule has 2 rings (SSSR count). The fraction of sp³-hybridized carbons (Fsp3) is 0.719. The zero-order chi connectivity index (χ0) is 42.4. The Kier molecular flexibility index (Phi) is 33.0. The highest BCUT2D eigenvalue weighted by Gasteiger charge is 2.12. The monoisotopic (exact) mass is 807 g/mol. The van der Waals surface area contributed by atoms with Gasteiger partial charge < -0.3 is 0 Å². The fourth-order valence-electron chi connectivity index (χ4n) is 8.58. The third-order valence-corrected chi connectivity index (χ3v) is 12.1. The summed E-state index contributed by atoms with van der Waals surface area (Å²) in [4.78, 5) is 10.7. The third-order valence-electron chi connectivity index (χ3n) is 12.1. The van der Waals surface area contributed by atoms with E-state index in [0.717, 1.165) is 80.6 Å². The number of hydrogen-bond acceptors (Lipinski definition) is 2. The Morgan fingerprint density at radius 2 is 0.729 bits per heavy atom. The third kappa shape index (κ3) is 25.7. The highest BCUT2D eigenvalue weighted by atomic mass is 14.8. The first-order chi connectivity index (χ1) is 29.1. The van der Waals surface area contributed by atoms with Crippen molar-refractivity contribution in [2.75, 3.05) is 0 Å². The van der Waals surface area contributed by atoms with E-state index in [1.807, 2.05) is 0 Å². The Morgan fingerprint density at radius 3 is 1.14 bits per heavy atom. The highest BCUT2D eigenvalue weighted by molar-refractivity contribution is 6.49. The first-order valence-corrected chi connectivity index (χ1v) is 26.0. The summed E-state index contributed by atoms with van der Waals surface area (Å²) in [6.07, 6.45) is 45.6. The van der Waals surface area contributed by atoms with Gasteiger partial charge in [0.2, 0.25) is 0 Å². The predicted octanol–water partition coefficient (Wildman–Crippen LogP) is 18.9. The lowest BCUT2D eigenvalue weighted by molar-refractivity contribution is 0.519. The van der Waals surface area contributed by atoms with Crippen molar-refractivity contribution in [3.63, 3.8) is 0 Å². The topological polar surface area (TPSA) is 24.7 Å². The number of benzene rings is 2. The average Bonchev–Trinajstić information content (AvgIpc) is 3.23. The molecule has 0 fully saturated rings. The van der Waals surface area contributed by atoms with Gasteiger partial charge in [0.1, 0.15) is 5.71 Å². The van der Waals surface area contributed by atoms with Crippen LogP contribution in [-0.2, 0) is 25.7 Å². The molecule has 2 nitrogen and oxygen atoms in total. The van der Waals surface area contributed by atoms with E-state index in [1.165, 1.54) is 189 Å². The average molecular weight is 807 g/mol. The molecule has 0 aliphatic carbocycles. The van der Waals surface area contributed by atoms with Gasteiger partial charge in [-0.05, 0) is 97.4 Å². The first-order valence-electron chi connectivity index (χ1n) is 26.0. The molecule has 0 saturated heterocycles. The van der Waals surface area contributed by atoms with Crippen LogP contribution in [0.5, 0.6) is 0 Å². The molecule has 0 atom stereocenters. The Labute approximate surface area is 368 Å². The number of rotatable bonds is 37. The summed E-state index contributed by atoms with van der Waals surface area (Å²) in [5.74, 6) is 7.20. The molecule has 0 bridgehead atoms. The molecule has 0 saturated carbocycles. The number of unbranched alkanes of at least 4 members (excludes halogenated alkanes) is 24. The SMILES string of the molecule is CCCCCCCCCCCCCCCCCCCCCCCCC#CC(=Nc1ccc(CCC)c(CCC)c1)C(CCCCC)=Nc1ccc(CCC)c(CCC)c1. The van der Waals surface area contributed by atoms with Gasteiger partial charge in [0.15, 0.2) is 0 Å². The summed E-state index contributed by atoms with van der Waals surface area (Å²) >= 11 is 0. The van der Waals surface area contributed by atoms with Crippen LogP contribution < -0.4 is 0 Å². The lowest BCUT2D eigenvalue weighted by Gasteiger charge is -2.12. The van der Waals surface area contributed by atoms with Crippen molar-refractivity contribution in [1.29, 1.82) is 0 Å². The van der Waals surface area contributed by atoms with Gasteiger partial charge in [-0.25, -0.2) is 4.99 Å². The van der Waals surface area contributed by atoms with Gasteiger partial charge in [-0.3, -0.25) is 4.99 Å². The van der Waals surface area contributed by atoms with Gasteiger partial charge in [0, 0.05) is 6.42 Å². The molecule has 2 heteroatoms. The van der Waals surface area contributed by atoms with E-state index >= 15 is 0 Å². The minimum atomic E-state index is 0.875. The van der Waals surface area contributed by atoms with Crippen LogP contribution in [-0.4, -0.2) is 11.4 Å². The van der Waals surface area contributed by atoms with E-state index in [4.69, 9.17) is 9.98 Å². The Balaban J connectivity index is 1.91. The highest BCUT2D eigenvalue weighted by Crippen LogP contribution is 2.25. The molecule has 59 heavy (non-hydrogen) atoms. The smallest absolute Gasteiger partial charge is 0.135 e. The lowest BCUT2D eigenvalue weighted by atomic mass is 9.98. The van der Waals surface area contributed by atoms with Crippen LogP contribution in [0.25, 0.3) is 0 Å². The Bertz CT molecular complexity index is 1430. The van der Waals surface area contributed by atoms with Crippen molar-refractivity contribution >= 4 is 22.8 Å². The fourth-order valence-corrected chi connectivity index (χ4v) is 8.58. The van der Waals surface area contributed by atoms with Crippen LogP contribution in [0.1, 0.15) is 263 Å². The van der Waals surface area contributed by atoms with Gasteiger partial charge in [-0.1, -0.05) is 233 Å². The molecule has 0 radical (unpaired) electrons. The van der Waals surface area contributed by atoms with Crippen LogP contribution >= 0.6 is 0 Å². The van der Waals surface area contributed by atoms with Crippen molar-refractivity contribution in [1.82, 2.24) is 0 Å². The zero-order valence-electron chi connectivity index (χ0n) is 40.1. The molecule has 2 aromatic carbocycles. The van der Waals surface area contributed by atoms with Gasteiger partial charge >= 0.3 is 0 Å². The second-order valence-electron chi connectivity index (χ2n) is 17.9. The van der Waals surface area contributed by atoms with E-state index in [9.17, 15) is 0 Å². The van der Waals surface area contributed by atoms with E-state index in [-0.39, 0.29) is 0 Å². The summed E-state index contributed by atoms with van der Waals surface area (Å²) in [6, 6.07) is 13.8. The molecular weight excluding hydrogens is 713 g/mol. The van der Waals surface area contributed by atoms with Gasteiger partial charge in [0.25, 0.3) is 0 Å². The van der Waals surface area contributed by atoms with Crippen molar-refractivity contribution in [3.05, 3.63) is 58.7 Å². The predicted molar refractivity (Wildman–Crippen MR) is 267 cm³/mol. The van der Waals surface area contributed by atoms with E-state index in [0.29, 0.717) is 0 Å². The zero-order valence-corrected chi connectivity index (χ0v) is 40.1. The molecule has 332 valence electrons. The summed E-state index contributed by atoms with van der Waals surface area (Å²) in [5, 5.41) is 0. The number of aryl methyl sites for hydroxylation is 4. The normalized spacial score (nSPS) is 12.0. The number of nitrogens with zero attached hydrogens (tertiary/aromatic N) is 2. The van der Waals surface area contributed by atoms with E-state index in [2.05, 4.69) is 89.8 Å². The Morgan fingerprint density at radius 1 is 0.373 bits per heavy atom. The largest absolute Gasteiger partial charge is 0.251 e. The Hall–Kier alpha value is -2.66. The van der Waals surface area contributed by atoms with E-state index < -0.39 is 0 Å². The lowest BCUT2D eigenvalue weighted by Crippen LogP contribution is -2.12. The van der Waals surface area contributed by atoms with Crippen molar-refractivity contribution in [2.45, 2.75) is 266 Å². The molecule has 0 unspecified atom stereocenters. The molecule has 0 aromatic heterocycles. The maximum absolute atomic E-state index is 5.37. The molecule has 0 amide bonds. The van der Waals surface area contributed by atoms with Crippen LogP contribution in [0.3, 0.4) is 0 Å². The van der Waals surface area contributed by atoms with Gasteiger partial charge in [0.05, 0.1) is 17.1 Å². The molecule has 0 spiro atoms. The molecule has 0 heterocycles. The van der Waals surface area contributed by atoms with E-state index in [1.54, 1.807) is 0 Å². The van der Waals surface area contributed by atoms with Crippen molar-refractivity contribution < 1.29 is 0 Å². The van der Waals surface area contributed by atoms with Crippen LogP contribution in [0, 0.1) is 11.8 Å². The first kappa shape index (κ1) is 52.5. The molecule has 0 aliphatic heterocycles. The summed E-state index contributed by atoms with van der Waals surface area (Å²) in [7, 11) is 0. The maximum atomic E-state index is 5.37. The number of aliphatic imine (C=N–C) groups is 2.